The molecular formula is C29H32N4O3. The number of benzene rings is 2. The lowest BCUT2D eigenvalue weighted by Crippen LogP contribution is -2.50. The molecule has 5 rings (SSSR count). The summed E-state index contributed by atoms with van der Waals surface area (Å²) in [5, 5.41) is 15.3. The van der Waals surface area contributed by atoms with Crippen molar-refractivity contribution in [3.8, 4) is 6.07 Å². The van der Waals surface area contributed by atoms with Gasteiger partial charge in [0.25, 0.3) is 0 Å². The smallest absolute Gasteiger partial charge is 0.227 e. The minimum Gasteiger partial charge on any atom is -0.338 e. The van der Waals surface area contributed by atoms with Crippen LogP contribution in [-0.4, -0.2) is 34.7 Å². The number of nitriles is 1. The molecule has 3 amide bonds. The van der Waals surface area contributed by atoms with Crippen molar-refractivity contribution in [3.63, 3.8) is 0 Å². The average Bonchev–Trinajstić information content (AvgIpc) is 3.69. The normalized spacial score (nSPS) is 24.1. The molecule has 1 unspecified atom stereocenters. The Balaban J connectivity index is 1.37. The maximum atomic E-state index is 14.0. The summed E-state index contributed by atoms with van der Waals surface area (Å²) in [6.07, 6.45) is 5.30. The Morgan fingerprint density at radius 1 is 0.972 bits per heavy atom. The maximum Gasteiger partial charge on any atom is 0.227 e. The molecule has 7 heteroatoms. The van der Waals surface area contributed by atoms with Crippen LogP contribution in [0.5, 0.6) is 0 Å². The molecule has 3 atom stereocenters. The highest BCUT2D eigenvalue weighted by molar-refractivity contribution is 5.92. The topological polar surface area (TPSA) is 102 Å². The van der Waals surface area contributed by atoms with Crippen LogP contribution in [0.25, 0.3) is 0 Å². The summed E-state index contributed by atoms with van der Waals surface area (Å²) in [5.74, 6) is -1.25. The van der Waals surface area contributed by atoms with Crippen molar-refractivity contribution in [3.05, 3.63) is 65.7 Å². The predicted molar refractivity (Wildman–Crippen MR) is 135 cm³/mol. The van der Waals surface area contributed by atoms with Crippen LogP contribution in [0.4, 0.5) is 5.69 Å². The second-order valence-electron chi connectivity index (χ2n) is 10.3. The Morgan fingerprint density at radius 3 is 2.39 bits per heavy atom. The summed E-state index contributed by atoms with van der Waals surface area (Å²) in [5.41, 5.74) is 2.13. The Bertz CT molecular complexity index is 1180. The molecule has 7 nitrogen and oxygen atoms in total. The molecule has 2 aromatic rings. The lowest BCUT2D eigenvalue weighted by Gasteiger charge is -2.41. The van der Waals surface area contributed by atoms with Gasteiger partial charge in [0.1, 0.15) is 5.54 Å². The van der Waals surface area contributed by atoms with Crippen LogP contribution in [0.3, 0.4) is 0 Å². The summed E-state index contributed by atoms with van der Waals surface area (Å²) >= 11 is 0. The largest absolute Gasteiger partial charge is 0.338 e. The van der Waals surface area contributed by atoms with Crippen molar-refractivity contribution in [2.45, 2.75) is 62.9 Å². The SMILES string of the molecule is N#CC1(NC(=O)[C@@H]2CCCC[C@H]2C(=O)N2CCc3ccccc3C2CC(=O)Nc2ccccc2)CC1. The van der Waals surface area contributed by atoms with E-state index in [1.165, 1.54) is 0 Å². The van der Waals surface area contributed by atoms with Gasteiger partial charge in [-0.15, -0.1) is 0 Å². The number of carbonyl (C=O) groups is 3. The molecule has 0 bridgehead atoms. The highest BCUT2D eigenvalue weighted by atomic mass is 16.2. The standard InChI is InChI=1S/C29H32N4O3/c30-19-29(15-16-29)32-27(35)23-12-6-7-13-24(23)28(36)33-17-14-20-8-4-5-11-22(20)25(33)18-26(34)31-21-9-2-1-3-10-21/h1-5,8-11,23-25H,6-7,12-18H2,(H,31,34)(H,32,35)/t23-,24-,25?/m1/s1. The first kappa shape index (κ1) is 24.1. The first-order valence-electron chi connectivity index (χ1n) is 13.0. The number of hydrogen-bond acceptors (Lipinski definition) is 4. The third-order valence-electron chi connectivity index (χ3n) is 7.88. The van der Waals surface area contributed by atoms with Gasteiger partial charge in [-0.2, -0.15) is 5.26 Å². The lowest BCUT2D eigenvalue weighted by atomic mass is 9.76. The molecule has 1 heterocycles. The number of nitrogens with zero attached hydrogens (tertiary/aromatic N) is 2. The predicted octanol–water partition coefficient (Wildman–Crippen LogP) is 4.12. The highest BCUT2D eigenvalue weighted by Crippen LogP contribution is 2.40. The van der Waals surface area contributed by atoms with Crippen molar-refractivity contribution in [2.24, 2.45) is 11.8 Å². The average molecular weight is 485 g/mol. The number of nitrogens with one attached hydrogen (secondary N) is 2. The van der Waals surface area contributed by atoms with E-state index in [9.17, 15) is 19.6 Å². The molecule has 2 N–H and O–H groups in total. The summed E-state index contributed by atoms with van der Waals surface area (Å²) in [4.78, 5) is 42.1. The highest BCUT2D eigenvalue weighted by Gasteiger charge is 2.48. The summed E-state index contributed by atoms with van der Waals surface area (Å²) in [6.45, 7) is 0.520. The van der Waals surface area contributed by atoms with Crippen molar-refractivity contribution in [1.29, 1.82) is 5.26 Å². The van der Waals surface area contributed by atoms with Crippen molar-refractivity contribution in [2.75, 3.05) is 11.9 Å². The van der Waals surface area contributed by atoms with Crippen LogP contribution in [0.1, 0.15) is 62.1 Å². The van der Waals surface area contributed by atoms with Gasteiger partial charge in [-0.1, -0.05) is 55.3 Å². The molecule has 2 fully saturated rings. The molecule has 2 saturated carbocycles. The monoisotopic (exact) mass is 484 g/mol. The number of fused-ring (bicyclic) bond motifs is 1. The Kier molecular flexibility index (Phi) is 6.77. The van der Waals surface area contributed by atoms with E-state index < -0.39 is 17.4 Å². The Labute approximate surface area is 211 Å². The van der Waals surface area contributed by atoms with Gasteiger partial charge in [-0.3, -0.25) is 14.4 Å². The first-order chi connectivity index (χ1) is 17.5. The zero-order valence-electron chi connectivity index (χ0n) is 20.4. The van der Waals surface area contributed by atoms with Gasteiger partial charge in [0.05, 0.1) is 18.5 Å². The van der Waals surface area contributed by atoms with E-state index in [1.54, 1.807) is 0 Å². The Morgan fingerprint density at radius 2 is 1.67 bits per heavy atom. The number of carbonyl (C=O) groups excluding carboxylic acids is 3. The van der Waals surface area contributed by atoms with Gasteiger partial charge >= 0.3 is 0 Å². The van der Waals surface area contributed by atoms with Crippen molar-refractivity contribution < 1.29 is 14.4 Å². The molecule has 1 aliphatic heterocycles. The molecule has 186 valence electrons. The molecule has 0 radical (unpaired) electrons. The summed E-state index contributed by atoms with van der Waals surface area (Å²) in [6, 6.07) is 19.2. The fraction of sp³-hybridized carbons (Fsp3) is 0.448. The van der Waals surface area contributed by atoms with E-state index in [-0.39, 0.29) is 30.2 Å². The molecule has 3 aliphatic rings. The third kappa shape index (κ3) is 4.99. The number of para-hydroxylation sites is 1. The zero-order chi connectivity index (χ0) is 25.1. The summed E-state index contributed by atoms with van der Waals surface area (Å²) in [7, 11) is 0. The second-order valence-corrected chi connectivity index (χ2v) is 10.3. The minimum absolute atomic E-state index is 0.0522. The minimum atomic E-state index is -0.746. The second kappa shape index (κ2) is 10.1. The van der Waals surface area contributed by atoms with Crippen LogP contribution in [-0.2, 0) is 20.8 Å². The van der Waals surface area contributed by atoms with Crippen molar-refractivity contribution in [1.82, 2.24) is 10.2 Å². The molecule has 2 aromatic carbocycles. The molecule has 0 aromatic heterocycles. The van der Waals surface area contributed by atoms with Gasteiger partial charge in [-0.25, -0.2) is 0 Å². The van der Waals surface area contributed by atoms with Crippen LogP contribution in [0.15, 0.2) is 54.6 Å². The number of hydrogen-bond donors (Lipinski definition) is 2. The first-order valence-corrected chi connectivity index (χ1v) is 13.0. The van der Waals surface area contributed by atoms with Gasteiger partial charge in [0.15, 0.2) is 0 Å². The molecular weight excluding hydrogens is 452 g/mol. The van der Waals surface area contributed by atoms with Gasteiger partial charge < -0.3 is 15.5 Å². The number of rotatable bonds is 6. The summed E-state index contributed by atoms with van der Waals surface area (Å²) < 4.78 is 0. The van der Waals surface area contributed by atoms with Gasteiger partial charge in [0.2, 0.25) is 17.7 Å². The lowest BCUT2D eigenvalue weighted by molar-refractivity contribution is -0.146. The van der Waals surface area contributed by atoms with E-state index in [0.717, 1.165) is 36.1 Å². The fourth-order valence-corrected chi connectivity index (χ4v) is 5.72. The maximum absolute atomic E-state index is 14.0. The van der Waals surface area contributed by atoms with Crippen LogP contribution >= 0.6 is 0 Å². The van der Waals surface area contributed by atoms with Gasteiger partial charge in [0, 0.05) is 24.1 Å². The Hall–Kier alpha value is -3.66. The fourth-order valence-electron chi connectivity index (χ4n) is 5.72. The van der Waals surface area contributed by atoms with E-state index >= 15 is 0 Å². The quantitative estimate of drug-likeness (QED) is 0.644. The van der Waals surface area contributed by atoms with Crippen LogP contribution in [0, 0.1) is 23.2 Å². The van der Waals surface area contributed by atoms with E-state index in [1.807, 2.05) is 53.4 Å². The zero-order valence-corrected chi connectivity index (χ0v) is 20.4. The van der Waals surface area contributed by atoms with Crippen molar-refractivity contribution >= 4 is 23.4 Å². The number of amides is 3. The number of anilines is 1. The van der Waals surface area contributed by atoms with E-state index in [2.05, 4.69) is 22.8 Å². The van der Waals surface area contributed by atoms with Crippen LogP contribution < -0.4 is 10.6 Å². The molecule has 0 saturated heterocycles. The third-order valence-corrected chi connectivity index (χ3v) is 7.88. The van der Waals surface area contributed by atoms with Crippen LogP contribution in [0.2, 0.25) is 0 Å². The molecule has 2 aliphatic carbocycles. The molecule has 0 spiro atoms. The van der Waals surface area contributed by atoms with E-state index in [0.29, 0.717) is 32.2 Å². The molecule has 36 heavy (non-hydrogen) atoms. The van der Waals surface area contributed by atoms with E-state index in [4.69, 9.17) is 0 Å². The van der Waals surface area contributed by atoms with Gasteiger partial charge in [-0.05, 0) is 55.4 Å².